The molecule has 7 nitrogen and oxygen atoms in total. The van der Waals surface area contributed by atoms with Gasteiger partial charge in [-0.3, -0.25) is 4.79 Å². The van der Waals surface area contributed by atoms with Crippen LogP contribution in [0.2, 0.25) is 5.02 Å². The second kappa shape index (κ2) is 10.6. The van der Waals surface area contributed by atoms with E-state index in [0.29, 0.717) is 37.0 Å². The van der Waals surface area contributed by atoms with Crippen LogP contribution >= 0.6 is 11.6 Å². The van der Waals surface area contributed by atoms with Gasteiger partial charge in [-0.05, 0) is 42.0 Å². The number of para-hydroxylation sites is 1. The first-order valence-corrected chi connectivity index (χ1v) is 12.9. The van der Waals surface area contributed by atoms with Gasteiger partial charge in [0.25, 0.3) is 5.91 Å². The van der Waals surface area contributed by atoms with Crippen LogP contribution in [0.15, 0.2) is 97.5 Å². The summed E-state index contributed by atoms with van der Waals surface area (Å²) in [6.07, 6.45) is 3.73. The van der Waals surface area contributed by atoms with E-state index in [2.05, 4.69) is 32.8 Å². The van der Waals surface area contributed by atoms with Crippen molar-refractivity contribution < 1.29 is 9.53 Å². The number of ether oxygens (including phenoxy) is 1. The minimum Gasteiger partial charge on any atom is -0.484 e. The number of halogens is 1. The lowest BCUT2D eigenvalue weighted by atomic mass is 10.1. The standard InChI is InChI=1S/C30H26ClN5O2/c31-23-11-13-24(14-12-23)36-19-26(22-7-3-1-4-8-22)28-29(32-21-33-30(28)36)35-17-15-34(16-18-35)27(37)20-38-25-9-5-2-6-10-25/h1-14,19,21H,15-18,20H2. The van der Waals surface area contributed by atoms with Crippen molar-refractivity contribution in [3.63, 3.8) is 0 Å². The number of hydrogen-bond acceptors (Lipinski definition) is 5. The fourth-order valence-corrected chi connectivity index (χ4v) is 4.97. The number of benzene rings is 3. The Bertz CT molecular complexity index is 1550. The maximum absolute atomic E-state index is 12.8. The first kappa shape index (κ1) is 24.0. The summed E-state index contributed by atoms with van der Waals surface area (Å²) < 4.78 is 7.75. The molecule has 190 valence electrons. The predicted octanol–water partition coefficient (Wildman–Crippen LogP) is 5.47. The van der Waals surface area contributed by atoms with Gasteiger partial charge < -0.3 is 19.1 Å². The van der Waals surface area contributed by atoms with Crippen molar-refractivity contribution in [2.45, 2.75) is 0 Å². The van der Waals surface area contributed by atoms with E-state index in [1.807, 2.05) is 77.7 Å². The minimum absolute atomic E-state index is 0.0137. The molecule has 38 heavy (non-hydrogen) atoms. The third kappa shape index (κ3) is 4.80. The Morgan fingerprint density at radius 2 is 1.53 bits per heavy atom. The number of amides is 1. The molecular formula is C30H26ClN5O2. The van der Waals surface area contributed by atoms with Crippen LogP contribution in [-0.4, -0.2) is 58.1 Å². The van der Waals surface area contributed by atoms with Gasteiger partial charge >= 0.3 is 0 Å². The minimum atomic E-state index is -0.0137. The number of nitrogens with zero attached hydrogens (tertiary/aromatic N) is 5. The molecule has 0 saturated carbocycles. The number of carbonyl (C=O) groups is 1. The van der Waals surface area contributed by atoms with Gasteiger partial charge in [-0.2, -0.15) is 0 Å². The smallest absolute Gasteiger partial charge is 0.260 e. The van der Waals surface area contributed by atoms with E-state index in [9.17, 15) is 4.79 Å². The van der Waals surface area contributed by atoms with E-state index in [0.717, 1.165) is 33.7 Å². The van der Waals surface area contributed by atoms with E-state index in [4.69, 9.17) is 21.3 Å². The Kier molecular flexibility index (Phi) is 6.67. The number of aromatic nitrogens is 3. The molecule has 2 aromatic heterocycles. The summed E-state index contributed by atoms with van der Waals surface area (Å²) in [7, 11) is 0. The fourth-order valence-electron chi connectivity index (χ4n) is 4.84. The molecule has 8 heteroatoms. The van der Waals surface area contributed by atoms with E-state index >= 15 is 0 Å². The molecule has 0 atom stereocenters. The Morgan fingerprint density at radius 1 is 0.842 bits per heavy atom. The molecule has 1 amide bonds. The number of hydrogen-bond donors (Lipinski definition) is 0. The van der Waals surface area contributed by atoms with Crippen molar-refractivity contribution in [1.29, 1.82) is 0 Å². The average molecular weight is 524 g/mol. The van der Waals surface area contributed by atoms with Crippen LogP contribution in [0.25, 0.3) is 27.8 Å². The Morgan fingerprint density at radius 3 is 2.24 bits per heavy atom. The van der Waals surface area contributed by atoms with Crippen molar-refractivity contribution in [2.24, 2.45) is 0 Å². The third-order valence-electron chi connectivity index (χ3n) is 6.79. The highest BCUT2D eigenvalue weighted by atomic mass is 35.5. The summed E-state index contributed by atoms with van der Waals surface area (Å²) in [5.41, 5.74) is 3.94. The molecule has 0 aliphatic carbocycles. The van der Waals surface area contributed by atoms with E-state index in [-0.39, 0.29) is 12.5 Å². The normalized spacial score (nSPS) is 13.6. The number of rotatable bonds is 6. The van der Waals surface area contributed by atoms with Crippen LogP contribution < -0.4 is 9.64 Å². The molecule has 3 aromatic carbocycles. The lowest BCUT2D eigenvalue weighted by Crippen LogP contribution is -2.50. The second-order valence-corrected chi connectivity index (χ2v) is 9.56. The third-order valence-corrected chi connectivity index (χ3v) is 7.04. The maximum atomic E-state index is 12.8. The van der Waals surface area contributed by atoms with E-state index < -0.39 is 0 Å². The molecule has 0 spiro atoms. The zero-order chi connectivity index (χ0) is 25.9. The van der Waals surface area contributed by atoms with Gasteiger partial charge in [0.15, 0.2) is 12.3 Å². The zero-order valence-electron chi connectivity index (χ0n) is 20.7. The number of anilines is 1. The summed E-state index contributed by atoms with van der Waals surface area (Å²) in [5.74, 6) is 1.55. The molecule has 5 aromatic rings. The quantitative estimate of drug-likeness (QED) is 0.295. The second-order valence-electron chi connectivity index (χ2n) is 9.12. The van der Waals surface area contributed by atoms with Crippen LogP contribution in [0, 0.1) is 0 Å². The number of piperazine rings is 1. The predicted molar refractivity (Wildman–Crippen MR) is 150 cm³/mol. The molecule has 1 saturated heterocycles. The average Bonchev–Trinajstić information content (AvgIpc) is 3.37. The van der Waals surface area contributed by atoms with Crippen LogP contribution in [0.5, 0.6) is 5.75 Å². The first-order valence-electron chi connectivity index (χ1n) is 12.6. The van der Waals surface area contributed by atoms with E-state index in [1.165, 1.54) is 0 Å². The van der Waals surface area contributed by atoms with Crippen molar-refractivity contribution in [3.05, 3.63) is 102 Å². The molecule has 1 fully saturated rings. The van der Waals surface area contributed by atoms with Gasteiger partial charge in [-0.1, -0.05) is 60.1 Å². The molecule has 0 radical (unpaired) electrons. The summed E-state index contributed by atoms with van der Waals surface area (Å²) in [6.45, 7) is 2.57. The maximum Gasteiger partial charge on any atom is 0.260 e. The Balaban J connectivity index is 1.28. The van der Waals surface area contributed by atoms with Crippen LogP contribution in [0.4, 0.5) is 5.82 Å². The van der Waals surface area contributed by atoms with Crippen LogP contribution in [0.1, 0.15) is 0 Å². The SMILES string of the molecule is O=C(COc1ccccc1)N1CCN(c2ncnc3c2c(-c2ccccc2)cn3-c2ccc(Cl)cc2)CC1. The molecule has 0 N–H and O–H groups in total. The lowest BCUT2D eigenvalue weighted by molar-refractivity contribution is -0.133. The summed E-state index contributed by atoms with van der Waals surface area (Å²) in [4.78, 5) is 26.3. The number of carbonyl (C=O) groups excluding carboxylic acids is 1. The van der Waals surface area contributed by atoms with Crippen molar-refractivity contribution in [1.82, 2.24) is 19.4 Å². The lowest BCUT2D eigenvalue weighted by Gasteiger charge is -2.35. The van der Waals surface area contributed by atoms with Crippen LogP contribution in [0.3, 0.4) is 0 Å². The van der Waals surface area contributed by atoms with Gasteiger partial charge in [0, 0.05) is 48.6 Å². The monoisotopic (exact) mass is 523 g/mol. The van der Waals surface area contributed by atoms with Crippen molar-refractivity contribution in [2.75, 3.05) is 37.7 Å². The van der Waals surface area contributed by atoms with Gasteiger partial charge in [0.2, 0.25) is 0 Å². The van der Waals surface area contributed by atoms with Crippen molar-refractivity contribution in [3.8, 4) is 22.6 Å². The largest absolute Gasteiger partial charge is 0.484 e. The molecule has 3 heterocycles. The highest BCUT2D eigenvalue weighted by Gasteiger charge is 2.26. The molecule has 1 aliphatic rings. The molecule has 1 aliphatic heterocycles. The Hall–Kier alpha value is -4.36. The van der Waals surface area contributed by atoms with E-state index in [1.54, 1.807) is 6.33 Å². The van der Waals surface area contributed by atoms with Gasteiger partial charge in [0.1, 0.15) is 17.9 Å². The van der Waals surface area contributed by atoms with Gasteiger partial charge in [-0.15, -0.1) is 0 Å². The molecular weight excluding hydrogens is 498 g/mol. The zero-order valence-corrected chi connectivity index (χ0v) is 21.5. The summed E-state index contributed by atoms with van der Waals surface area (Å²) >= 11 is 6.15. The first-order chi connectivity index (χ1) is 18.7. The number of fused-ring (bicyclic) bond motifs is 1. The molecule has 6 rings (SSSR count). The molecule has 0 bridgehead atoms. The Labute approximate surface area is 225 Å². The topological polar surface area (TPSA) is 63.5 Å². The fraction of sp³-hybridized carbons (Fsp3) is 0.167. The highest BCUT2D eigenvalue weighted by Crippen LogP contribution is 2.37. The summed E-state index contributed by atoms with van der Waals surface area (Å²) in [5, 5.41) is 1.67. The van der Waals surface area contributed by atoms with Crippen molar-refractivity contribution >= 4 is 34.4 Å². The summed E-state index contributed by atoms with van der Waals surface area (Å²) in [6, 6.07) is 27.4. The van der Waals surface area contributed by atoms with Gasteiger partial charge in [-0.25, -0.2) is 9.97 Å². The molecule has 0 unspecified atom stereocenters. The highest BCUT2D eigenvalue weighted by molar-refractivity contribution is 6.30. The van der Waals surface area contributed by atoms with Crippen LogP contribution in [-0.2, 0) is 4.79 Å². The van der Waals surface area contributed by atoms with Gasteiger partial charge in [0.05, 0.1) is 5.39 Å².